The van der Waals surface area contributed by atoms with Crippen LogP contribution in [-0.4, -0.2) is 32.4 Å². The first-order valence-corrected chi connectivity index (χ1v) is 8.38. The number of hydrogen-bond acceptors (Lipinski definition) is 3. The van der Waals surface area contributed by atoms with Gasteiger partial charge in [-0.15, -0.1) is 0 Å². The molecule has 1 heterocycles. The maximum absolute atomic E-state index is 12.6. The number of hydrogen-bond donors (Lipinski definition) is 1. The maximum Gasteiger partial charge on any atom is 0.243 e. The summed E-state index contributed by atoms with van der Waals surface area (Å²) in [6.07, 6.45) is 4.08. The van der Waals surface area contributed by atoms with E-state index in [0.717, 1.165) is 25.7 Å². The van der Waals surface area contributed by atoms with Gasteiger partial charge in [-0.1, -0.05) is 30.7 Å². The average Bonchev–Trinajstić information content (AvgIpc) is 2.75. The van der Waals surface area contributed by atoms with Gasteiger partial charge in [-0.2, -0.15) is 4.31 Å². The van der Waals surface area contributed by atoms with Gasteiger partial charge in [0.2, 0.25) is 10.0 Å². The molecule has 1 aliphatic heterocycles. The third-order valence-electron chi connectivity index (χ3n) is 3.37. The fourth-order valence-corrected chi connectivity index (χ4v) is 3.88. The molecule has 0 unspecified atom stereocenters. The Balaban J connectivity index is 2.28. The second-order valence-corrected chi connectivity index (χ2v) is 6.79. The Kier molecular flexibility index (Phi) is 5.18. The molecule has 1 aromatic rings. The van der Waals surface area contributed by atoms with Gasteiger partial charge in [0.15, 0.2) is 0 Å². The van der Waals surface area contributed by atoms with Crippen LogP contribution in [0.15, 0.2) is 29.2 Å². The van der Waals surface area contributed by atoms with Crippen molar-refractivity contribution in [1.29, 1.82) is 0 Å². The first-order valence-electron chi connectivity index (χ1n) is 6.94. The molecule has 0 amide bonds. The second kappa shape index (κ2) is 6.89. The lowest BCUT2D eigenvalue weighted by Crippen LogP contribution is -2.31. The third-order valence-corrected chi connectivity index (χ3v) is 5.27. The standard InChI is InChI=1S/C15H20N2O2S/c16-10-6-8-14-7-5-9-15(13-14)20(18,19)17-11-3-1-2-4-12-17/h5,7,9,13H,1-4,10-12,16H2. The fraction of sp³-hybridized carbons (Fsp3) is 0.467. The Morgan fingerprint density at radius 3 is 2.50 bits per heavy atom. The van der Waals surface area contributed by atoms with Crippen LogP contribution < -0.4 is 5.73 Å². The molecule has 20 heavy (non-hydrogen) atoms. The van der Waals surface area contributed by atoms with Gasteiger partial charge >= 0.3 is 0 Å². The van der Waals surface area contributed by atoms with Crippen molar-refractivity contribution in [3.05, 3.63) is 29.8 Å². The minimum Gasteiger partial charge on any atom is -0.320 e. The van der Waals surface area contributed by atoms with Gasteiger partial charge in [-0.05, 0) is 31.0 Å². The van der Waals surface area contributed by atoms with E-state index in [-0.39, 0.29) is 6.54 Å². The molecule has 0 spiro atoms. The Morgan fingerprint density at radius 2 is 1.85 bits per heavy atom. The van der Waals surface area contributed by atoms with Crippen molar-refractivity contribution in [3.8, 4) is 11.8 Å². The predicted octanol–water partition coefficient (Wildman–Crippen LogP) is 1.56. The van der Waals surface area contributed by atoms with Gasteiger partial charge in [-0.3, -0.25) is 0 Å². The van der Waals surface area contributed by atoms with Crippen LogP contribution in [0.25, 0.3) is 0 Å². The van der Waals surface area contributed by atoms with E-state index in [1.165, 1.54) is 0 Å². The summed E-state index contributed by atoms with van der Waals surface area (Å²) in [6.45, 7) is 1.49. The number of nitrogens with two attached hydrogens (primary N) is 1. The Morgan fingerprint density at radius 1 is 1.15 bits per heavy atom. The van der Waals surface area contributed by atoms with Crippen LogP contribution in [0.3, 0.4) is 0 Å². The largest absolute Gasteiger partial charge is 0.320 e. The number of rotatable bonds is 2. The van der Waals surface area contributed by atoms with E-state index in [2.05, 4.69) is 11.8 Å². The smallest absolute Gasteiger partial charge is 0.243 e. The number of nitrogens with zero attached hydrogens (tertiary/aromatic N) is 1. The highest BCUT2D eigenvalue weighted by atomic mass is 32.2. The van der Waals surface area contributed by atoms with Crippen LogP contribution in [0.1, 0.15) is 31.2 Å². The van der Waals surface area contributed by atoms with E-state index < -0.39 is 10.0 Å². The van der Waals surface area contributed by atoms with Crippen molar-refractivity contribution >= 4 is 10.0 Å². The zero-order valence-corrected chi connectivity index (χ0v) is 12.3. The highest BCUT2D eigenvalue weighted by Crippen LogP contribution is 2.20. The third kappa shape index (κ3) is 3.60. The van der Waals surface area contributed by atoms with Crippen LogP contribution in [0.2, 0.25) is 0 Å². The molecular formula is C15H20N2O2S. The zero-order chi connectivity index (χ0) is 14.4. The first kappa shape index (κ1) is 15.0. The van der Waals surface area contributed by atoms with Crippen LogP contribution in [0.4, 0.5) is 0 Å². The van der Waals surface area contributed by atoms with E-state index in [1.807, 2.05) is 0 Å². The first-order chi connectivity index (χ1) is 9.64. The van der Waals surface area contributed by atoms with Crippen LogP contribution in [-0.2, 0) is 10.0 Å². The molecule has 1 aromatic carbocycles. The average molecular weight is 292 g/mol. The molecule has 1 fully saturated rings. The van der Waals surface area contributed by atoms with E-state index in [9.17, 15) is 8.42 Å². The van der Waals surface area contributed by atoms with Crippen molar-refractivity contribution in [3.63, 3.8) is 0 Å². The Labute approximate surface area is 121 Å². The minimum atomic E-state index is -3.40. The molecule has 2 N–H and O–H groups in total. The molecule has 0 atom stereocenters. The summed E-state index contributed by atoms with van der Waals surface area (Å²) < 4.78 is 26.8. The molecule has 4 nitrogen and oxygen atoms in total. The monoisotopic (exact) mass is 292 g/mol. The molecule has 108 valence electrons. The Hall–Kier alpha value is -1.35. The van der Waals surface area contributed by atoms with E-state index in [0.29, 0.717) is 23.5 Å². The van der Waals surface area contributed by atoms with Crippen molar-refractivity contribution in [2.75, 3.05) is 19.6 Å². The summed E-state index contributed by atoms with van der Waals surface area (Å²) in [6, 6.07) is 6.78. The summed E-state index contributed by atoms with van der Waals surface area (Å²) in [5.74, 6) is 5.62. The van der Waals surface area contributed by atoms with Gasteiger partial charge in [-0.25, -0.2) is 8.42 Å². The van der Waals surface area contributed by atoms with Gasteiger partial charge < -0.3 is 5.73 Å². The quantitative estimate of drug-likeness (QED) is 0.841. The van der Waals surface area contributed by atoms with Crippen molar-refractivity contribution in [2.45, 2.75) is 30.6 Å². The molecule has 0 aliphatic carbocycles. The topological polar surface area (TPSA) is 63.4 Å². The lowest BCUT2D eigenvalue weighted by Gasteiger charge is -2.19. The molecular weight excluding hydrogens is 272 g/mol. The summed E-state index contributed by atoms with van der Waals surface area (Å²) in [7, 11) is -3.40. The molecule has 1 aliphatic rings. The van der Waals surface area contributed by atoms with E-state index in [1.54, 1.807) is 28.6 Å². The summed E-state index contributed by atoms with van der Waals surface area (Å²) in [5.41, 5.74) is 6.02. The predicted molar refractivity (Wildman–Crippen MR) is 79.6 cm³/mol. The summed E-state index contributed by atoms with van der Waals surface area (Å²) in [4.78, 5) is 0.322. The van der Waals surface area contributed by atoms with Gasteiger partial charge in [0, 0.05) is 18.7 Å². The highest BCUT2D eigenvalue weighted by molar-refractivity contribution is 7.89. The van der Waals surface area contributed by atoms with Crippen LogP contribution in [0, 0.1) is 11.8 Å². The number of sulfonamides is 1. The van der Waals surface area contributed by atoms with Gasteiger partial charge in [0.05, 0.1) is 11.4 Å². The number of benzene rings is 1. The molecule has 2 rings (SSSR count). The summed E-state index contributed by atoms with van der Waals surface area (Å²) >= 11 is 0. The van der Waals surface area contributed by atoms with Gasteiger partial charge in [0.1, 0.15) is 0 Å². The molecule has 0 bridgehead atoms. The van der Waals surface area contributed by atoms with E-state index >= 15 is 0 Å². The van der Waals surface area contributed by atoms with Gasteiger partial charge in [0.25, 0.3) is 0 Å². The van der Waals surface area contributed by atoms with Crippen molar-refractivity contribution in [2.24, 2.45) is 5.73 Å². The highest BCUT2D eigenvalue weighted by Gasteiger charge is 2.24. The lowest BCUT2D eigenvalue weighted by atomic mass is 10.2. The fourth-order valence-electron chi connectivity index (χ4n) is 2.32. The Bertz CT molecular complexity index is 606. The second-order valence-electron chi connectivity index (χ2n) is 4.85. The molecule has 5 heteroatoms. The van der Waals surface area contributed by atoms with Crippen molar-refractivity contribution < 1.29 is 8.42 Å². The molecule has 1 saturated heterocycles. The zero-order valence-electron chi connectivity index (χ0n) is 11.5. The van der Waals surface area contributed by atoms with Crippen LogP contribution >= 0.6 is 0 Å². The van der Waals surface area contributed by atoms with Crippen molar-refractivity contribution in [1.82, 2.24) is 4.31 Å². The normalized spacial score (nSPS) is 17.1. The van der Waals surface area contributed by atoms with Crippen LogP contribution in [0.5, 0.6) is 0 Å². The minimum absolute atomic E-state index is 0.267. The molecule has 0 saturated carbocycles. The SMILES string of the molecule is NCC#Cc1cccc(S(=O)(=O)N2CCCCCC2)c1. The molecule has 0 radical (unpaired) electrons. The molecule has 0 aromatic heterocycles. The van der Waals surface area contributed by atoms with E-state index in [4.69, 9.17) is 5.73 Å². The maximum atomic E-state index is 12.6. The summed E-state index contributed by atoms with van der Waals surface area (Å²) in [5, 5.41) is 0. The lowest BCUT2D eigenvalue weighted by molar-refractivity contribution is 0.423.